The van der Waals surface area contributed by atoms with Gasteiger partial charge in [-0.3, -0.25) is 9.36 Å². The normalized spacial score (nSPS) is 10.7. The van der Waals surface area contributed by atoms with Crippen molar-refractivity contribution < 1.29 is 9.53 Å². The second-order valence-electron chi connectivity index (χ2n) is 7.19. The van der Waals surface area contributed by atoms with Gasteiger partial charge in [-0.15, -0.1) is 0 Å². The maximum absolute atomic E-state index is 13.2. The van der Waals surface area contributed by atoms with Crippen molar-refractivity contribution in [2.75, 3.05) is 17.7 Å². The van der Waals surface area contributed by atoms with Crippen LogP contribution >= 0.6 is 11.6 Å². The monoisotopic (exact) mass is 448 g/mol. The molecule has 2 N–H and O–H groups in total. The van der Waals surface area contributed by atoms with E-state index in [0.29, 0.717) is 45.4 Å². The molecule has 4 aromatic rings. The third kappa shape index (κ3) is 4.58. The van der Waals surface area contributed by atoms with Gasteiger partial charge >= 0.3 is 6.03 Å². The minimum atomic E-state index is -0.449. The van der Waals surface area contributed by atoms with Gasteiger partial charge in [-0.25, -0.2) is 9.78 Å². The van der Waals surface area contributed by atoms with Crippen LogP contribution in [0.2, 0.25) is 5.02 Å². The van der Waals surface area contributed by atoms with E-state index in [9.17, 15) is 9.59 Å². The lowest BCUT2D eigenvalue weighted by Crippen LogP contribution is -2.25. The Morgan fingerprint density at radius 3 is 2.56 bits per heavy atom. The van der Waals surface area contributed by atoms with Crippen molar-refractivity contribution in [2.45, 2.75) is 13.5 Å². The number of para-hydroxylation sites is 2. The molecule has 8 heteroatoms. The Hall–Kier alpha value is -3.84. The highest BCUT2D eigenvalue weighted by Crippen LogP contribution is 2.23. The average molecular weight is 449 g/mol. The number of carbonyl (C=O) groups is 1. The molecule has 7 nitrogen and oxygen atoms in total. The Kier molecular flexibility index (Phi) is 6.09. The molecule has 0 saturated heterocycles. The number of nitrogens with zero attached hydrogens (tertiary/aromatic N) is 2. The van der Waals surface area contributed by atoms with Gasteiger partial charge in [0.1, 0.15) is 11.6 Å². The van der Waals surface area contributed by atoms with Crippen molar-refractivity contribution in [3.8, 4) is 5.75 Å². The van der Waals surface area contributed by atoms with Crippen LogP contribution in [0.25, 0.3) is 10.9 Å². The second kappa shape index (κ2) is 9.11. The van der Waals surface area contributed by atoms with Crippen LogP contribution < -0.4 is 20.9 Å². The standard InChI is InChI=1S/C24H21ClN4O3/c1-15-26-20-12-11-18(27-24(31)28-21-5-3-4-6-22(21)32-2)13-19(20)23(30)29(15)14-16-7-9-17(25)10-8-16/h3-13H,14H2,1-2H3,(H2,27,28,31). The molecule has 0 unspecified atom stereocenters. The molecule has 0 spiro atoms. The lowest BCUT2D eigenvalue weighted by atomic mass is 10.2. The second-order valence-corrected chi connectivity index (χ2v) is 7.62. The summed E-state index contributed by atoms with van der Waals surface area (Å²) in [5.74, 6) is 1.15. The summed E-state index contributed by atoms with van der Waals surface area (Å²) in [6, 6.07) is 19.0. The lowest BCUT2D eigenvalue weighted by molar-refractivity contribution is 0.262. The van der Waals surface area contributed by atoms with Crippen LogP contribution in [0, 0.1) is 6.92 Å². The lowest BCUT2D eigenvalue weighted by Gasteiger charge is -2.13. The van der Waals surface area contributed by atoms with Crippen LogP contribution in [0.15, 0.2) is 71.5 Å². The number of urea groups is 1. The number of ether oxygens (including phenoxy) is 1. The maximum atomic E-state index is 13.2. The summed E-state index contributed by atoms with van der Waals surface area (Å²) < 4.78 is 6.85. The van der Waals surface area contributed by atoms with E-state index in [1.165, 1.54) is 7.11 Å². The van der Waals surface area contributed by atoms with E-state index in [4.69, 9.17) is 16.3 Å². The first-order chi connectivity index (χ1) is 15.4. The molecule has 0 radical (unpaired) electrons. The molecule has 162 valence electrons. The zero-order valence-corrected chi connectivity index (χ0v) is 18.3. The van der Waals surface area contributed by atoms with Crippen molar-refractivity contribution in [3.63, 3.8) is 0 Å². The number of anilines is 2. The molecular formula is C24H21ClN4O3. The predicted octanol–water partition coefficient (Wildman–Crippen LogP) is 5.06. The van der Waals surface area contributed by atoms with Crippen LogP contribution in [0.5, 0.6) is 5.75 Å². The molecule has 0 aliphatic heterocycles. The Labute approximate surface area is 189 Å². The van der Waals surface area contributed by atoms with Crippen molar-refractivity contribution >= 4 is 39.9 Å². The molecular weight excluding hydrogens is 428 g/mol. The minimum Gasteiger partial charge on any atom is -0.495 e. The maximum Gasteiger partial charge on any atom is 0.323 e. The molecule has 0 aliphatic carbocycles. The van der Waals surface area contributed by atoms with E-state index in [2.05, 4.69) is 15.6 Å². The number of carbonyl (C=O) groups excluding carboxylic acids is 1. The number of hydrogen-bond acceptors (Lipinski definition) is 4. The summed E-state index contributed by atoms with van der Waals surface area (Å²) in [6.07, 6.45) is 0. The summed E-state index contributed by atoms with van der Waals surface area (Å²) in [6.45, 7) is 2.17. The number of aryl methyl sites for hydroxylation is 1. The first-order valence-corrected chi connectivity index (χ1v) is 10.3. The highest BCUT2D eigenvalue weighted by molar-refractivity contribution is 6.30. The molecule has 0 fully saturated rings. The van der Waals surface area contributed by atoms with Crippen LogP contribution in [0.4, 0.5) is 16.2 Å². The van der Waals surface area contributed by atoms with Gasteiger partial charge < -0.3 is 15.4 Å². The largest absolute Gasteiger partial charge is 0.495 e. The number of fused-ring (bicyclic) bond motifs is 1. The first kappa shape index (κ1) is 21.4. The van der Waals surface area contributed by atoms with Gasteiger partial charge in [-0.1, -0.05) is 35.9 Å². The van der Waals surface area contributed by atoms with Crippen LogP contribution in [-0.2, 0) is 6.54 Å². The Morgan fingerprint density at radius 2 is 1.81 bits per heavy atom. The third-order valence-electron chi connectivity index (χ3n) is 5.01. The molecule has 3 aromatic carbocycles. The predicted molar refractivity (Wildman–Crippen MR) is 127 cm³/mol. The third-order valence-corrected chi connectivity index (χ3v) is 5.26. The number of nitrogens with one attached hydrogen (secondary N) is 2. The van der Waals surface area contributed by atoms with E-state index >= 15 is 0 Å². The number of hydrogen-bond donors (Lipinski definition) is 2. The number of methoxy groups -OCH3 is 1. The number of halogens is 1. The fraction of sp³-hybridized carbons (Fsp3) is 0.125. The SMILES string of the molecule is COc1ccccc1NC(=O)Nc1ccc2nc(C)n(Cc3ccc(Cl)cc3)c(=O)c2c1. The minimum absolute atomic E-state index is 0.184. The average Bonchev–Trinajstić information content (AvgIpc) is 2.78. The van der Waals surface area contributed by atoms with Crippen molar-refractivity contribution in [2.24, 2.45) is 0 Å². The summed E-state index contributed by atoms with van der Waals surface area (Å²) in [5.41, 5.74) is 2.33. The molecule has 1 heterocycles. The van der Waals surface area contributed by atoms with Gasteiger partial charge in [0.15, 0.2) is 0 Å². The number of aromatic nitrogens is 2. The highest BCUT2D eigenvalue weighted by atomic mass is 35.5. The van der Waals surface area contributed by atoms with E-state index in [1.807, 2.05) is 18.2 Å². The Balaban J connectivity index is 1.60. The highest BCUT2D eigenvalue weighted by Gasteiger charge is 2.12. The van der Waals surface area contributed by atoms with Crippen LogP contribution in [-0.4, -0.2) is 22.7 Å². The summed E-state index contributed by atoms with van der Waals surface area (Å²) >= 11 is 5.95. The summed E-state index contributed by atoms with van der Waals surface area (Å²) in [7, 11) is 1.53. The molecule has 32 heavy (non-hydrogen) atoms. The molecule has 1 aromatic heterocycles. The number of benzene rings is 3. The Morgan fingerprint density at radius 1 is 1.06 bits per heavy atom. The van der Waals surface area contributed by atoms with Crippen molar-refractivity contribution in [1.82, 2.24) is 9.55 Å². The van der Waals surface area contributed by atoms with Gasteiger partial charge in [0, 0.05) is 10.7 Å². The molecule has 0 bridgehead atoms. The zero-order valence-electron chi connectivity index (χ0n) is 17.6. The fourth-order valence-corrected chi connectivity index (χ4v) is 3.53. The van der Waals surface area contributed by atoms with Crippen LogP contribution in [0.1, 0.15) is 11.4 Å². The molecule has 2 amide bonds. The van der Waals surface area contributed by atoms with Crippen molar-refractivity contribution in [3.05, 3.63) is 93.5 Å². The zero-order chi connectivity index (χ0) is 22.7. The topological polar surface area (TPSA) is 85.2 Å². The summed E-state index contributed by atoms with van der Waals surface area (Å²) in [5, 5.41) is 6.55. The van der Waals surface area contributed by atoms with Gasteiger partial charge in [0.25, 0.3) is 5.56 Å². The van der Waals surface area contributed by atoms with E-state index in [0.717, 1.165) is 5.56 Å². The molecule has 0 saturated carbocycles. The van der Waals surface area contributed by atoms with E-state index in [-0.39, 0.29) is 5.56 Å². The first-order valence-electron chi connectivity index (χ1n) is 9.91. The van der Waals surface area contributed by atoms with Crippen LogP contribution in [0.3, 0.4) is 0 Å². The van der Waals surface area contributed by atoms with Gasteiger partial charge in [0.05, 0.1) is 30.2 Å². The molecule has 0 aliphatic rings. The molecule has 0 atom stereocenters. The quantitative estimate of drug-likeness (QED) is 0.447. The van der Waals surface area contributed by atoms with Crippen molar-refractivity contribution in [1.29, 1.82) is 0 Å². The number of rotatable bonds is 5. The van der Waals surface area contributed by atoms with Gasteiger partial charge in [-0.2, -0.15) is 0 Å². The van der Waals surface area contributed by atoms with E-state index < -0.39 is 6.03 Å². The number of amides is 2. The van der Waals surface area contributed by atoms with E-state index in [1.54, 1.807) is 60.0 Å². The smallest absolute Gasteiger partial charge is 0.323 e. The van der Waals surface area contributed by atoms with Gasteiger partial charge in [0.2, 0.25) is 0 Å². The summed E-state index contributed by atoms with van der Waals surface area (Å²) in [4.78, 5) is 30.2. The molecule has 4 rings (SSSR count). The Bertz CT molecular complexity index is 1350. The van der Waals surface area contributed by atoms with Gasteiger partial charge in [-0.05, 0) is 55.0 Å². The fourth-order valence-electron chi connectivity index (χ4n) is 3.40.